The number of benzene rings is 2. The molecule has 2 rings (SSSR count). The third kappa shape index (κ3) is 3.91. The molecule has 0 aliphatic heterocycles. The van der Waals surface area contributed by atoms with Crippen molar-refractivity contribution in [3.05, 3.63) is 66.0 Å². The van der Waals surface area contributed by atoms with Gasteiger partial charge in [-0.05, 0) is 42.7 Å². The zero-order chi connectivity index (χ0) is 11.9. The fourth-order valence-corrected chi connectivity index (χ4v) is 1.68. The highest BCUT2D eigenvalue weighted by Gasteiger charge is 1.96. The summed E-state index contributed by atoms with van der Waals surface area (Å²) < 4.78 is 18.5. The lowest BCUT2D eigenvalue weighted by Crippen LogP contribution is -1.99. The van der Waals surface area contributed by atoms with E-state index in [-0.39, 0.29) is 5.82 Å². The van der Waals surface area contributed by atoms with Gasteiger partial charge in [0.1, 0.15) is 11.6 Å². The third-order valence-corrected chi connectivity index (χ3v) is 2.51. The molecule has 0 N–H and O–H groups in total. The molecule has 0 bridgehead atoms. The second kappa shape index (κ2) is 6.04. The van der Waals surface area contributed by atoms with Crippen molar-refractivity contribution >= 4 is 0 Å². The van der Waals surface area contributed by atoms with E-state index in [0.29, 0.717) is 6.61 Å². The zero-order valence-corrected chi connectivity index (χ0v) is 9.60. The summed E-state index contributed by atoms with van der Waals surface area (Å²) in [6.45, 7) is 0.653. The van der Waals surface area contributed by atoms with Crippen LogP contribution in [-0.2, 0) is 6.42 Å². The Kier molecular flexibility index (Phi) is 4.14. The number of ether oxygens (including phenoxy) is 1. The Labute approximate surface area is 101 Å². The van der Waals surface area contributed by atoms with Gasteiger partial charge in [-0.2, -0.15) is 0 Å². The molecule has 0 spiro atoms. The van der Waals surface area contributed by atoms with Crippen LogP contribution >= 0.6 is 0 Å². The Hall–Kier alpha value is -1.83. The minimum absolute atomic E-state index is 0.175. The summed E-state index contributed by atoms with van der Waals surface area (Å²) in [6.07, 6.45) is 1.73. The van der Waals surface area contributed by atoms with Crippen LogP contribution < -0.4 is 4.74 Å². The fraction of sp³-hybridized carbons (Fsp3) is 0.200. The molecule has 0 atom stereocenters. The van der Waals surface area contributed by atoms with Crippen LogP contribution in [0.4, 0.5) is 4.39 Å². The van der Waals surface area contributed by atoms with Crippen LogP contribution in [0.25, 0.3) is 0 Å². The lowest BCUT2D eigenvalue weighted by Gasteiger charge is -2.05. The highest BCUT2D eigenvalue weighted by Crippen LogP contribution is 2.10. The van der Waals surface area contributed by atoms with Crippen LogP contribution in [-0.4, -0.2) is 6.61 Å². The van der Waals surface area contributed by atoms with Crippen molar-refractivity contribution in [3.8, 4) is 5.75 Å². The molecule has 2 heteroatoms. The van der Waals surface area contributed by atoms with E-state index in [1.807, 2.05) is 36.4 Å². The van der Waals surface area contributed by atoms with Gasteiger partial charge in [0.2, 0.25) is 0 Å². The van der Waals surface area contributed by atoms with E-state index in [4.69, 9.17) is 4.74 Å². The number of halogens is 1. The summed E-state index contributed by atoms with van der Waals surface area (Å²) in [5, 5.41) is 0. The summed E-state index contributed by atoms with van der Waals surface area (Å²) >= 11 is 0. The lowest BCUT2D eigenvalue weighted by atomic mass is 10.1. The van der Waals surface area contributed by atoms with Crippen molar-refractivity contribution in [3.63, 3.8) is 0 Å². The van der Waals surface area contributed by atoms with Gasteiger partial charge in [-0.1, -0.05) is 30.3 Å². The molecule has 1 nitrogen and oxygen atoms in total. The average molecular weight is 230 g/mol. The van der Waals surface area contributed by atoms with Gasteiger partial charge < -0.3 is 4.74 Å². The van der Waals surface area contributed by atoms with Crippen LogP contribution in [0.1, 0.15) is 12.0 Å². The fourth-order valence-electron chi connectivity index (χ4n) is 1.68. The number of hydrogen-bond donors (Lipinski definition) is 0. The van der Waals surface area contributed by atoms with Crippen LogP contribution in [0.2, 0.25) is 0 Å². The average Bonchev–Trinajstić information content (AvgIpc) is 2.36. The molecule has 17 heavy (non-hydrogen) atoms. The van der Waals surface area contributed by atoms with Gasteiger partial charge >= 0.3 is 0 Å². The van der Waals surface area contributed by atoms with Gasteiger partial charge in [0, 0.05) is 0 Å². The number of hydrogen-bond acceptors (Lipinski definition) is 1. The SMILES string of the molecule is Fc1cccc(CCCOc2ccccc2)c1. The smallest absolute Gasteiger partial charge is 0.123 e. The topological polar surface area (TPSA) is 9.23 Å². The molecule has 2 aromatic rings. The quantitative estimate of drug-likeness (QED) is 0.709. The summed E-state index contributed by atoms with van der Waals surface area (Å²) in [4.78, 5) is 0. The van der Waals surface area contributed by atoms with E-state index in [9.17, 15) is 4.39 Å². The first-order valence-electron chi connectivity index (χ1n) is 5.77. The normalized spacial score (nSPS) is 10.2. The van der Waals surface area contributed by atoms with Gasteiger partial charge in [0.15, 0.2) is 0 Å². The van der Waals surface area contributed by atoms with E-state index in [0.717, 1.165) is 24.2 Å². The standard InChI is InChI=1S/C15H15FO/c16-14-8-4-6-13(12-14)7-5-11-17-15-9-2-1-3-10-15/h1-4,6,8-10,12H,5,7,11H2. The predicted molar refractivity (Wildman–Crippen MR) is 66.7 cm³/mol. The van der Waals surface area contributed by atoms with E-state index in [1.54, 1.807) is 12.1 Å². The van der Waals surface area contributed by atoms with Crippen LogP contribution in [0.15, 0.2) is 54.6 Å². The van der Waals surface area contributed by atoms with Gasteiger partial charge in [-0.3, -0.25) is 0 Å². The molecule has 0 aliphatic rings. The first kappa shape index (κ1) is 11.6. The third-order valence-electron chi connectivity index (χ3n) is 2.51. The molecule has 0 fully saturated rings. The molecule has 0 radical (unpaired) electrons. The van der Waals surface area contributed by atoms with Crippen LogP contribution in [0.5, 0.6) is 5.75 Å². The Morgan fingerprint density at radius 1 is 0.941 bits per heavy atom. The molecular weight excluding hydrogens is 215 g/mol. The van der Waals surface area contributed by atoms with Gasteiger partial charge in [0.05, 0.1) is 6.61 Å². The van der Waals surface area contributed by atoms with E-state index >= 15 is 0 Å². The molecule has 0 aliphatic carbocycles. The van der Waals surface area contributed by atoms with Crippen molar-refractivity contribution in [1.82, 2.24) is 0 Å². The second-order valence-electron chi connectivity index (χ2n) is 3.89. The number of para-hydroxylation sites is 1. The molecular formula is C15H15FO. The predicted octanol–water partition coefficient (Wildman–Crippen LogP) is 3.84. The highest BCUT2D eigenvalue weighted by molar-refractivity contribution is 5.21. The molecule has 0 unspecified atom stereocenters. The van der Waals surface area contributed by atoms with Crippen molar-refractivity contribution in [2.75, 3.05) is 6.61 Å². The molecule has 0 aromatic heterocycles. The van der Waals surface area contributed by atoms with E-state index in [2.05, 4.69) is 0 Å². The molecule has 88 valence electrons. The number of rotatable bonds is 5. The summed E-state index contributed by atoms with van der Waals surface area (Å²) in [7, 11) is 0. The number of aryl methyl sites for hydroxylation is 1. The maximum Gasteiger partial charge on any atom is 0.123 e. The monoisotopic (exact) mass is 230 g/mol. The Balaban J connectivity index is 1.73. The van der Waals surface area contributed by atoms with Crippen LogP contribution in [0.3, 0.4) is 0 Å². The van der Waals surface area contributed by atoms with Gasteiger partial charge in [-0.25, -0.2) is 4.39 Å². The van der Waals surface area contributed by atoms with Crippen molar-refractivity contribution in [2.45, 2.75) is 12.8 Å². The maximum absolute atomic E-state index is 12.9. The highest BCUT2D eigenvalue weighted by atomic mass is 19.1. The zero-order valence-electron chi connectivity index (χ0n) is 9.60. The second-order valence-corrected chi connectivity index (χ2v) is 3.89. The van der Waals surface area contributed by atoms with Crippen LogP contribution in [0, 0.1) is 5.82 Å². The van der Waals surface area contributed by atoms with E-state index in [1.165, 1.54) is 6.07 Å². The Morgan fingerprint density at radius 2 is 1.76 bits per heavy atom. The summed E-state index contributed by atoms with van der Waals surface area (Å²) in [5.41, 5.74) is 1.02. The lowest BCUT2D eigenvalue weighted by molar-refractivity contribution is 0.311. The van der Waals surface area contributed by atoms with E-state index < -0.39 is 0 Å². The minimum atomic E-state index is -0.175. The molecule has 0 heterocycles. The minimum Gasteiger partial charge on any atom is -0.494 e. The van der Waals surface area contributed by atoms with Crippen molar-refractivity contribution < 1.29 is 9.13 Å². The first-order chi connectivity index (χ1) is 8.34. The van der Waals surface area contributed by atoms with Crippen molar-refractivity contribution in [2.24, 2.45) is 0 Å². The van der Waals surface area contributed by atoms with Gasteiger partial charge in [0.25, 0.3) is 0 Å². The Morgan fingerprint density at radius 3 is 2.53 bits per heavy atom. The molecule has 0 saturated carbocycles. The first-order valence-corrected chi connectivity index (χ1v) is 5.77. The Bertz CT molecular complexity index is 453. The molecule has 0 amide bonds. The summed E-state index contributed by atoms with van der Waals surface area (Å²) in [6, 6.07) is 16.4. The maximum atomic E-state index is 12.9. The largest absolute Gasteiger partial charge is 0.494 e. The van der Waals surface area contributed by atoms with Gasteiger partial charge in [-0.15, -0.1) is 0 Å². The van der Waals surface area contributed by atoms with Crippen molar-refractivity contribution in [1.29, 1.82) is 0 Å². The molecule has 2 aromatic carbocycles. The summed E-state index contributed by atoms with van der Waals surface area (Å²) in [5.74, 6) is 0.707. The molecule has 0 saturated heterocycles.